The largest absolute Gasteiger partial charge is 0.416 e. The Morgan fingerprint density at radius 2 is 1.12 bits per heavy atom. The van der Waals surface area contributed by atoms with Gasteiger partial charge < -0.3 is 0 Å². The number of rotatable bonds is 4. The van der Waals surface area contributed by atoms with Crippen molar-refractivity contribution < 1.29 is 13.2 Å². The van der Waals surface area contributed by atoms with Crippen molar-refractivity contribution in [3.8, 4) is 11.1 Å². The van der Waals surface area contributed by atoms with Gasteiger partial charge >= 0.3 is 6.18 Å². The number of alkyl halides is 3. The van der Waals surface area contributed by atoms with Crippen LogP contribution in [0.15, 0.2) is 36.4 Å². The Balaban J connectivity index is 2.70. The van der Waals surface area contributed by atoms with Gasteiger partial charge in [0.25, 0.3) is 0 Å². The lowest BCUT2D eigenvalue weighted by atomic mass is 9.81. The molecule has 0 unspecified atom stereocenters. The fraction of sp³-hybridized carbons (Fsp3) is 0.455. The van der Waals surface area contributed by atoms with Gasteiger partial charge in [0.1, 0.15) is 0 Å². The molecule has 2 aromatic carbocycles. The summed E-state index contributed by atoms with van der Waals surface area (Å²) in [5.41, 5.74) is 5.03. The Bertz CT molecular complexity index is 691. The maximum absolute atomic E-state index is 12.9. The lowest BCUT2D eigenvalue weighted by Crippen LogP contribution is -2.06. The molecule has 0 N–H and O–H groups in total. The summed E-state index contributed by atoms with van der Waals surface area (Å²) >= 11 is 0. The predicted octanol–water partition coefficient (Wildman–Crippen LogP) is 7.74. The van der Waals surface area contributed by atoms with Gasteiger partial charge in [-0.15, -0.1) is 0 Å². The van der Waals surface area contributed by atoms with Crippen LogP contribution >= 0.6 is 0 Å². The van der Waals surface area contributed by atoms with Crippen LogP contribution in [0.25, 0.3) is 11.1 Å². The minimum absolute atomic E-state index is 0.300. The summed E-state index contributed by atoms with van der Waals surface area (Å²) in [6.07, 6.45) is -4.30. The van der Waals surface area contributed by atoms with Crippen molar-refractivity contribution >= 4 is 0 Å². The van der Waals surface area contributed by atoms with Gasteiger partial charge in [-0.2, -0.15) is 13.2 Å². The van der Waals surface area contributed by atoms with Gasteiger partial charge in [0.15, 0.2) is 0 Å². The zero-order valence-corrected chi connectivity index (χ0v) is 15.8. The lowest BCUT2D eigenvalue weighted by Gasteiger charge is -2.23. The van der Waals surface area contributed by atoms with Gasteiger partial charge in [-0.3, -0.25) is 0 Å². The minimum atomic E-state index is -4.30. The van der Waals surface area contributed by atoms with Gasteiger partial charge in [0.2, 0.25) is 0 Å². The van der Waals surface area contributed by atoms with Crippen molar-refractivity contribution in [2.24, 2.45) is 0 Å². The Kier molecular flexibility index (Phi) is 5.65. The molecule has 0 heterocycles. The monoisotopic (exact) mass is 348 g/mol. The SMILES string of the molecule is CC(C)c1cc(C(C)C)c(-c2ccc(C(F)(F)F)cc2)c(C(C)C)c1. The summed E-state index contributed by atoms with van der Waals surface area (Å²) in [5.74, 6) is 1.01. The quantitative estimate of drug-likeness (QED) is 0.530. The van der Waals surface area contributed by atoms with Gasteiger partial charge in [0.05, 0.1) is 5.56 Å². The molecule has 0 fully saturated rings. The van der Waals surface area contributed by atoms with Gasteiger partial charge in [-0.25, -0.2) is 0 Å². The third-order valence-electron chi connectivity index (χ3n) is 4.63. The van der Waals surface area contributed by atoms with E-state index < -0.39 is 11.7 Å². The van der Waals surface area contributed by atoms with E-state index in [1.807, 2.05) is 0 Å². The molecule has 0 aliphatic heterocycles. The van der Waals surface area contributed by atoms with Crippen molar-refractivity contribution in [1.82, 2.24) is 0 Å². The van der Waals surface area contributed by atoms with Crippen molar-refractivity contribution in [1.29, 1.82) is 0 Å². The van der Waals surface area contributed by atoms with E-state index in [4.69, 9.17) is 0 Å². The second-order valence-corrected chi connectivity index (χ2v) is 7.61. The molecule has 0 atom stereocenters. The molecule has 0 nitrogen and oxygen atoms in total. The molecular weight excluding hydrogens is 321 g/mol. The first kappa shape index (κ1) is 19.6. The highest BCUT2D eigenvalue weighted by atomic mass is 19.4. The second kappa shape index (κ2) is 7.23. The molecule has 0 bridgehead atoms. The van der Waals surface area contributed by atoms with Gasteiger partial charge in [-0.1, -0.05) is 65.8 Å². The number of hydrogen-bond donors (Lipinski definition) is 0. The zero-order chi connectivity index (χ0) is 18.9. The molecule has 0 aromatic heterocycles. The highest BCUT2D eigenvalue weighted by molar-refractivity contribution is 5.73. The normalized spacial score (nSPS) is 12.5. The highest BCUT2D eigenvalue weighted by Crippen LogP contribution is 2.39. The first-order valence-electron chi connectivity index (χ1n) is 8.87. The molecule has 0 aliphatic rings. The smallest absolute Gasteiger partial charge is 0.166 e. The molecule has 0 aliphatic carbocycles. The topological polar surface area (TPSA) is 0 Å². The lowest BCUT2D eigenvalue weighted by molar-refractivity contribution is -0.137. The first-order chi connectivity index (χ1) is 11.5. The van der Waals surface area contributed by atoms with E-state index in [0.29, 0.717) is 17.8 Å². The summed E-state index contributed by atoms with van der Waals surface area (Å²) < 4.78 is 38.6. The average molecular weight is 348 g/mol. The molecule has 0 spiro atoms. The Morgan fingerprint density at radius 3 is 1.44 bits per heavy atom. The number of halogens is 3. The van der Waals surface area contributed by atoms with Crippen molar-refractivity contribution in [2.75, 3.05) is 0 Å². The summed E-state index contributed by atoms with van der Waals surface area (Å²) in [7, 11) is 0. The third kappa shape index (κ3) is 4.26. The van der Waals surface area contributed by atoms with Crippen LogP contribution in [0.4, 0.5) is 13.2 Å². The van der Waals surface area contributed by atoms with E-state index in [1.54, 1.807) is 12.1 Å². The van der Waals surface area contributed by atoms with E-state index in [2.05, 4.69) is 53.7 Å². The number of benzene rings is 2. The van der Waals surface area contributed by atoms with Crippen LogP contribution in [0.5, 0.6) is 0 Å². The molecule has 0 radical (unpaired) electrons. The molecule has 0 saturated heterocycles. The van der Waals surface area contributed by atoms with E-state index in [0.717, 1.165) is 11.1 Å². The summed E-state index contributed by atoms with van der Waals surface area (Å²) in [6.45, 7) is 12.9. The number of hydrogen-bond acceptors (Lipinski definition) is 0. The molecule has 2 rings (SSSR count). The summed E-state index contributed by atoms with van der Waals surface area (Å²) in [6, 6.07) is 10.00. The van der Waals surface area contributed by atoms with E-state index in [-0.39, 0.29) is 0 Å². The summed E-state index contributed by atoms with van der Waals surface area (Å²) in [4.78, 5) is 0. The molecule has 3 heteroatoms. The van der Waals surface area contributed by atoms with Crippen LogP contribution in [0.3, 0.4) is 0 Å². The van der Waals surface area contributed by atoms with Gasteiger partial charge in [-0.05, 0) is 57.7 Å². The zero-order valence-electron chi connectivity index (χ0n) is 15.8. The van der Waals surface area contributed by atoms with Crippen LogP contribution in [0.2, 0.25) is 0 Å². The van der Waals surface area contributed by atoms with Crippen LogP contribution in [0, 0.1) is 0 Å². The van der Waals surface area contributed by atoms with Gasteiger partial charge in [0, 0.05) is 0 Å². The van der Waals surface area contributed by atoms with Crippen molar-refractivity contribution in [3.05, 3.63) is 58.7 Å². The van der Waals surface area contributed by atoms with Crippen LogP contribution in [-0.2, 0) is 6.18 Å². The molecule has 25 heavy (non-hydrogen) atoms. The van der Waals surface area contributed by atoms with E-state index >= 15 is 0 Å². The van der Waals surface area contributed by atoms with E-state index in [9.17, 15) is 13.2 Å². The van der Waals surface area contributed by atoms with Crippen LogP contribution < -0.4 is 0 Å². The fourth-order valence-corrected chi connectivity index (χ4v) is 3.12. The Morgan fingerprint density at radius 1 is 0.680 bits per heavy atom. The maximum Gasteiger partial charge on any atom is 0.416 e. The molecular formula is C22H27F3. The van der Waals surface area contributed by atoms with Crippen LogP contribution in [-0.4, -0.2) is 0 Å². The van der Waals surface area contributed by atoms with Crippen molar-refractivity contribution in [2.45, 2.75) is 65.5 Å². The predicted molar refractivity (Wildman–Crippen MR) is 99.1 cm³/mol. The Labute approximate surface area is 149 Å². The van der Waals surface area contributed by atoms with E-state index in [1.165, 1.54) is 28.8 Å². The van der Waals surface area contributed by atoms with Crippen LogP contribution in [0.1, 0.15) is 81.5 Å². The molecule has 2 aromatic rings. The second-order valence-electron chi connectivity index (χ2n) is 7.61. The summed E-state index contributed by atoms with van der Waals surface area (Å²) in [5, 5.41) is 0. The minimum Gasteiger partial charge on any atom is -0.166 e. The van der Waals surface area contributed by atoms with Crippen molar-refractivity contribution in [3.63, 3.8) is 0 Å². The Hall–Kier alpha value is -1.77. The fourth-order valence-electron chi connectivity index (χ4n) is 3.12. The highest BCUT2D eigenvalue weighted by Gasteiger charge is 2.30. The first-order valence-corrected chi connectivity index (χ1v) is 8.87. The maximum atomic E-state index is 12.9. The standard InChI is InChI=1S/C22H27F3/c1-13(2)17-11-19(14(3)4)21(20(12-17)15(5)6)16-7-9-18(10-8-16)22(23,24)25/h7-15H,1-6H3. The molecule has 0 amide bonds. The average Bonchev–Trinajstić information content (AvgIpc) is 2.52. The third-order valence-corrected chi connectivity index (χ3v) is 4.63. The molecule has 136 valence electrons. The molecule has 0 saturated carbocycles.